The average molecular weight is 454 g/mol. The first-order chi connectivity index (χ1) is 13.9. The third-order valence-electron chi connectivity index (χ3n) is 4.07. The first-order valence-electron chi connectivity index (χ1n) is 9.17. The fourth-order valence-electron chi connectivity index (χ4n) is 2.74. The van der Waals surface area contributed by atoms with Crippen LogP contribution in [0.5, 0.6) is 0 Å². The van der Waals surface area contributed by atoms with Crippen LogP contribution in [0, 0.1) is 0 Å². The van der Waals surface area contributed by atoms with Gasteiger partial charge in [0.05, 0.1) is 12.4 Å². The molecule has 1 heterocycles. The molecule has 0 bridgehead atoms. The lowest BCUT2D eigenvalue weighted by molar-refractivity contribution is -0.114. The maximum atomic E-state index is 12.6. The lowest BCUT2D eigenvalue weighted by atomic mass is 9.92. The Morgan fingerprint density at radius 2 is 1.57 bits per heavy atom. The van der Waals surface area contributed by atoms with Gasteiger partial charge in [0.15, 0.2) is 10.8 Å². The van der Waals surface area contributed by atoms with Gasteiger partial charge in [0.25, 0.3) is 10.0 Å². The predicted octanol–water partition coefficient (Wildman–Crippen LogP) is 3.85. The summed E-state index contributed by atoms with van der Waals surface area (Å²) in [6.07, 6.45) is 2.17. The van der Waals surface area contributed by atoms with Gasteiger partial charge in [0.2, 0.25) is 5.91 Å². The van der Waals surface area contributed by atoms with E-state index < -0.39 is 27.0 Å². The third-order valence-corrected chi connectivity index (χ3v) is 5.49. The second-order valence-corrected chi connectivity index (χ2v) is 9.32. The molecule has 162 valence electrons. The van der Waals surface area contributed by atoms with Crippen LogP contribution in [0.15, 0.2) is 29.6 Å². The summed E-state index contributed by atoms with van der Waals surface area (Å²) in [5.74, 6) is -0.413. The Hall–Kier alpha value is -2.72. The number of halogens is 1. The maximum Gasteiger partial charge on any atom is 0.333 e. The Kier molecular flexibility index (Phi) is 7.38. The number of carbonyl (C=O) groups is 2. The van der Waals surface area contributed by atoms with Gasteiger partial charge in [-0.05, 0) is 35.1 Å². The van der Waals surface area contributed by atoms with Crippen molar-refractivity contribution >= 4 is 45.1 Å². The highest BCUT2D eigenvalue weighted by Gasteiger charge is 2.23. The molecule has 0 radical (unpaired) electrons. The number of nitrogens with zero attached hydrogens (tertiary/aromatic N) is 2. The van der Waals surface area contributed by atoms with E-state index in [0.29, 0.717) is 10.7 Å². The molecular formula is C19H24ClN5O4S. The molecule has 0 unspecified atom stereocenters. The number of amides is 3. The zero-order chi connectivity index (χ0) is 22.6. The van der Waals surface area contributed by atoms with Crippen molar-refractivity contribution in [2.24, 2.45) is 0 Å². The summed E-state index contributed by atoms with van der Waals surface area (Å²) in [6.45, 7) is 9.02. The number of hydrogen-bond donors (Lipinski definition) is 3. The highest BCUT2D eigenvalue weighted by molar-refractivity contribution is 7.90. The number of sulfonamides is 1. The summed E-state index contributed by atoms with van der Waals surface area (Å²) in [4.78, 5) is 31.2. The number of nitrogens with one attached hydrogen (secondary N) is 3. The number of carbonyl (C=O) groups excluding carboxylic acids is 2. The Morgan fingerprint density at radius 1 is 1.00 bits per heavy atom. The fraction of sp³-hybridized carbons (Fsp3) is 0.368. The van der Waals surface area contributed by atoms with E-state index in [1.807, 2.05) is 32.4 Å². The van der Waals surface area contributed by atoms with Crippen LogP contribution in [0.3, 0.4) is 0 Å². The molecular weight excluding hydrogens is 430 g/mol. The van der Waals surface area contributed by atoms with Crippen LogP contribution in [-0.4, -0.2) is 30.3 Å². The van der Waals surface area contributed by atoms with Crippen LogP contribution in [-0.2, 0) is 14.8 Å². The van der Waals surface area contributed by atoms with Gasteiger partial charge in [-0.25, -0.2) is 14.5 Å². The molecule has 1 aromatic carbocycles. The fourth-order valence-corrected chi connectivity index (χ4v) is 3.79. The molecule has 0 saturated heterocycles. The van der Waals surface area contributed by atoms with Crippen LogP contribution in [0.4, 0.5) is 16.3 Å². The minimum absolute atomic E-state index is 0.0355. The number of urea groups is 1. The highest BCUT2D eigenvalue weighted by atomic mass is 35.5. The third kappa shape index (κ3) is 5.90. The zero-order valence-electron chi connectivity index (χ0n) is 17.3. The summed E-state index contributed by atoms with van der Waals surface area (Å²) < 4.78 is 27.0. The Bertz CT molecular complexity index is 1040. The highest BCUT2D eigenvalue weighted by Crippen LogP contribution is 2.35. The molecule has 0 saturated carbocycles. The van der Waals surface area contributed by atoms with E-state index in [2.05, 4.69) is 20.6 Å². The lowest BCUT2D eigenvalue weighted by Crippen LogP contribution is -2.35. The summed E-state index contributed by atoms with van der Waals surface area (Å²) in [6, 6.07) is 2.53. The second-order valence-electron chi connectivity index (χ2n) is 7.25. The molecule has 30 heavy (non-hydrogen) atoms. The van der Waals surface area contributed by atoms with Gasteiger partial charge in [0.1, 0.15) is 0 Å². The van der Waals surface area contributed by atoms with Crippen molar-refractivity contribution in [3.05, 3.63) is 40.7 Å². The smallest absolute Gasteiger partial charge is 0.310 e. The molecule has 0 aliphatic heterocycles. The Balaban J connectivity index is 2.32. The number of aromatic nitrogens is 2. The molecule has 0 spiro atoms. The minimum atomic E-state index is -4.33. The first kappa shape index (κ1) is 23.6. The van der Waals surface area contributed by atoms with Crippen molar-refractivity contribution in [2.45, 2.75) is 51.5 Å². The van der Waals surface area contributed by atoms with Crippen molar-refractivity contribution < 1.29 is 18.0 Å². The van der Waals surface area contributed by atoms with Gasteiger partial charge in [-0.2, -0.15) is 8.42 Å². The van der Waals surface area contributed by atoms with Gasteiger partial charge in [-0.15, -0.1) is 0 Å². The normalized spacial score (nSPS) is 11.5. The van der Waals surface area contributed by atoms with E-state index in [1.165, 1.54) is 13.1 Å². The number of benzene rings is 1. The molecule has 2 aromatic rings. The van der Waals surface area contributed by atoms with Gasteiger partial charge in [-0.1, -0.05) is 39.3 Å². The molecule has 9 nitrogen and oxygen atoms in total. The summed E-state index contributed by atoms with van der Waals surface area (Å²) in [5, 5.41) is 5.00. The summed E-state index contributed by atoms with van der Waals surface area (Å²) in [5.41, 5.74) is 2.08. The van der Waals surface area contributed by atoms with E-state index in [-0.39, 0.29) is 17.7 Å². The summed E-state index contributed by atoms with van der Waals surface area (Å²) in [7, 11) is -4.33. The number of anilines is 2. The molecule has 3 amide bonds. The largest absolute Gasteiger partial charge is 0.333 e. The molecule has 0 aliphatic rings. The molecule has 0 atom stereocenters. The van der Waals surface area contributed by atoms with Crippen LogP contribution >= 0.6 is 11.6 Å². The molecule has 3 N–H and O–H groups in total. The van der Waals surface area contributed by atoms with Crippen molar-refractivity contribution in [3.8, 4) is 0 Å². The summed E-state index contributed by atoms with van der Waals surface area (Å²) >= 11 is 6.21. The average Bonchev–Trinajstić information content (AvgIpc) is 2.61. The van der Waals surface area contributed by atoms with Gasteiger partial charge >= 0.3 is 6.03 Å². The van der Waals surface area contributed by atoms with Crippen molar-refractivity contribution in [2.75, 3.05) is 10.6 Å². The Morgan fingerprint density at radius 3 is 2.07 bits per heavy atom. The predicted molar refractivity (Wildman–Crippen MR) is 115 cm³/mol. The molecule has 0 aliphatic carbocycles. The number of rotatable bonds is 6. The molecule has 11 heteroatoms. The van der Waals surface area contributed by atoms with Crippen LogP contribution < -0.4 is 15.4 Å². The minimum Gasteiger partial charge on any atom is -0.310 e. The number of hydrogen-bond acceptors (Lipinski definition) is 6. The van der Waals surface area contributed by atoms with E-state index in [1.54, 1.807) is 12.1 Å². The maximum absolute atomic E-state index is 12.6. The van der Waals surface area contributed by atoms with Crippen LogP contribution in [0.25, 0.3) is 0 Å². The van der Waals surface area contributed by atoms with Gasteiger partial charge in [-0.3, -0.25) is 9.78 Å². The van der Waals surface area contributed by atoms with E-state index >= 15 is 0 Å². The molecule has 2 rings (SSSR count). The Labute approximate surface area is 180 Å². The molecule has 0 fully saturated rings. The lowest BCUT2D eigenvalue weighted by Gasteiger charge is -2.21. The standard InChI is InChI=1S/C19H24ClN5O4S/c1-10(2)14-6-13(20)7-15(11(3)4)18(14)24-19(27)25-30(28,29)17-9-21-8-16(23-17)22-12(5)26/h6-11H,1-5H3,(H,22,23,26)(H2,24,25,27). The quantitative estimate of drug-likeness (QED) is 0.609. The topological polar surface area (TPSA) is 130 Å². The monoisotopic (exact) mass is 453 g/mol. The zero-order valence-corrected chi connectivity index (χ0v) is 18.9. The van der Waals surface area contributed by atoms with E-state index in [4.69, 9.17) is 11.6 Å². The van der Waals surface area contributed by atoms with Gasteiger partial charge < -0.3 is 10.6 Å². The van der Waals surface area contributed by atoms with Crippen LogP contribution in [0.2, 0.25) is 5.02 Å². The van der Waals surface area contributed by atoms with Crippen molar-refractivity contribution in [1.29, 1.82) is 0 Å². The SMILES string of the molecule is CC(=O)Nc1cncc(S(=O)(=O)NC(=O)Nc2c(C(C)C)cc(Cl)cc2C(C)C)n1. The second kappa shape index (κ2) is 9.40. The first-order valence-corrected chi connectivity index (χ1v) is 11.0. The molecule has 1 aromatic heterocycles. The van der Waals surface area contributed by atoms with Crippen molar-refractivity contribution in [1.82, 2.24) is 14.7 Å². The van der Waals surface area contributed by atoms with Gasteiger partial charge in [0, 0.05) is 17.6 Å². The van der Waals surface area contributed by atoms with Crippen molar-refractivity contribution in [3.63, 3.8) is 0 Å². The van der Waals surface area contributed by atoms with E-state index in [0.717, 1.165) is 17.3 Å². The van der Waals surface area contributed by atoms with E-state index in [9.17, 15) is 18.0 Å². The van der Waals surface area contributed by atoms with Crippen LogP contribution in [0.1, 0.15) is 57.6 Å².